The lowest BCUT2D eigenvalue weighted by molar-refractivity contribution is -0.116. The Labute approximate surface area is 177 Å². The van der Waals surface area contributed by atoms with E-state index in [4.69, 9.17) is 4.98 Å². The van der Waals surface area contributed by atoms with Crippen LogP contribution in [0.3, 0.4) is 0 Å². The standard InChI is InChI=1S/C23H30FN3OS/c1-16(2)15-29-22-9-7-20(23(26-22)27-10-4-5-11-27)25-21(28)8-6-18-12-17(3)13-19(24)14-18/h7,9,12-14,16H,4-6,8,10-11,15H2,1-3H3,(H,25,28). The van der Waals surface area contributed by atoms with Gasteiger partial charge in [-0.2, -0.15) is 0 Å². The Morgan fingerprint density at radius 1 is 1.24 bits per heavy atom. The van der Waals surface area contributed by atoms with Gasteiger partial charge in [0, 0.05) is 25.3 Å². The summed E-state index contributed by atoms with van der Waals surface area (Å²) in [6.07, 6.45) is 3.13. The van der Waals surface area contributed by atoms with Gasteiger partial charge < -0.3 is 10.2 Å². The number of hydrogen-bond acceptors (Lipinski definition) is 4. The molecule has 1 N–H and O–H groups in total. The number of hydrogen-bond donors (Lipinski definition) is 1. The van der Waals surface area contributed by atoms with E-state index < -0.39 is 0 Å². The SMILES string of the molecule is Cc1cc(F)cc(CCC(=O)Nc2ccc(SCC(C)C)nc2N2CCCC2)c1. The van der Waals surface area contributed by atoms with Crippen LogP contribution in [0, 0.1) is 18.7 Å². The van der Waals surface area contributed by atoms with Crippen molar-refractivity contribution >= 4 is 29.2 Å². The molecule has 0 spiro atoms. The van der Waals surface area contributed by atoms with Gasteiger partial charge in [0.15, 0.2) is 5.82 Å². The average molecular weight is 416 g/mol. The smallest absolute Gasteiger partial charge is 0.224 e. The summed E-state index contributed by atoms with van der Waals surface area (Å²) in [6, 6.07) is 8.87. The molecule has 29 heavy (non-hydrogen) atoms. The Kier molecular flexibility index (Phi) is 7.53. The van der Waals surface area contributed by atoms with Crippen LogP contribution in [0.4, 0.5) is 15.9 Å². The van der Waals surface area contributed by atoms with E-state index in [1.807, 2.05) is 25.1 Å². The van der Waals surface area contributed by atoms with E-state index in [-0.39, 0.29) is 11.7 Å². The number of anilines is 2. The molecule has 2 aromatic rings. The topological polar surface area (TPSA) is 45.2 Å². The number of benzene rings is 1. The molecule has 1 amide bonds. The van der Waals surface area contributed by atoms with E-state index in [2.05, 4.69) is 24.1 Å². The molecule has 1 aliphatic rings. The number of nitrogens with one attached hydrogen (secondary N) is 1. The molecule has 2 heterocycles. The number of aromatic nitrogens is 1. The third-order valence-electron chi connectivity index (χ3n) is 4.84. The first-order chi connectivity index (χ1) is 13.9. The lowest BCUT2D eigenvalue weighted by Gasteiger charge is -2.21. The van der Waals surface area contributed by atoms with E-state index in [9.17, 15) is 9.18 Å². The van der Waals surface area contributed by atoms with Crippen molar-refractivity contribution in [2.75, 3.05) is 29.1 Å². The quantitative estimate of drug-likeness (QED) is 0.583. The van der Waals surface area contributed by atoms with Crippen molar-refractivity contribution in [3.8, 4) is 0 Å². The molecule has 0 aliphatic carbocycles. The fraction of sp³-hybridized carbons (Fsp3) is 0.478. The van der Waals surface area contributed by atoms with Crippen molar-refractivity contribution in [1.29, 1.82) is 0 Å². The molecule has 0 unspecified atom stereocenters. The van der Waals surface area contributed by atoms with Crippen molar-refractivity contribution in [3.05, 3.63) is 47.3 Å². The second-order valence-electron chi connectivity index (χ2n) is 8.10. The lowest BCUT2D eigenvalue weighted by atomic mass is 10.1. The molecule has 0 saturated carbocycles. The Morgan fingerprint density at radius 2 is 2.00 bits per heavy atom. The summed E-state index contributed by atoms with van der Waals surface area (Å²) in [7, 11) is 0. The first-order valence-electron chi connectivity index (χ1n) is 10.4. The monoisotopic (exact) mass is 415 g/mol. The molecule has 156 valence electrons. The van der Waals surface area contributed by atoms with Crippen molar-refractivity contribution in [1.82, 2.24) is 4.98 Å². The minimum atomic E-state index is -0.254. The summed E-state index contributed by atoms with van der Waals surface area (Å²) in [6.45, 7) is 8.19. The van der Waals surface area contributed by atoms with Gasteiger partial charge in [0.2, 0.25) is 5.91 Å². The minimum Gasteiger partial charge on any atom is -0.355 e. The summed E-state index contributed by atoms with van der Waals surface area (Å²) >= 11 is 1.75. The highest BCUT2D eigenvalue weighted by Crippen LogP contribution is 2.31. The number of carbonyl (C=O) groups is 1. The normalized spacial score (nSPS) is 13.9. The predicted octanol–water partition coefficient (Wildman–Crippen LogP) is 5.45. The number of pyridine rings is 1. The van der Waals surface area contributed by atoms with Crippen LogP contribution < -0.4 is 10.2 Å². The van der Waals surface area contributed by atoms with E-state index in [0.29, 0.717) is 18.8 Å². The van der Waals surface area contributed by atoms with Crippen molar-refractivity contribution in [3.63, 3.8) is 0 Å². The van der Waals surface area contributed by atoms with Gasteiger partial charge in [0.1, 0.15) is 5.82 Å². The number of carbonyl (C=O) groups excluding carboxylic acids is 1. The maximum Gasteiger partial charge on any atom is 0.224 e. The van der Waals surface area contributed by atoms with E-state index in [1.165, 1.54) is 12.1 Å². The molecule has 3 rings (SSSR count). The van der Waals surface area contributed by atoms with Gasteiger partial charge in [-0.1, -0.05) is 19.9 Å². The fourth-order valence-electron chi connectivity index (χ4n) is 3.46. The second kappa shape index (κ2) is 10.1. The van der Waals surface area contributed by atoms with Gasteiger partial charge in [-0.25, -0.2) is 9.37 Å². The third-order valence-corrected chi connectivity index (χ3v) is 6.19. The van der Waals surface area contributed by atoms with Crippen LogP contribution in [0.25, 0.3) is 0 Å². The molecule has 1 aliphatic heterocycles. The molecule has 6 heteroatoms. The van der Waals surface area contributed by atoms with Gasteiger partial charge in [0.25, 0.3) is 0 Å². The maximum absolute atomic E-state index is 13.6. The number of halogens is 1. The highest BCUT2D eigenvalue weighted by atomic mass is 32.2. The van der Waals surface area contributed by atoms with E-state index in [0.717, 1.165) is 59.3 Å². The Hall–Kier alpha value is -2.08. The lowest BCUT2D eigenvalue weighted by Crippen LogP contribution is -2.22. The van der Waals surface area contributed by atoms with Crippen LogP contribution in [-0.2, 0) is 11.2 Å². The van der Waals surface area contributed by atoms with Crippen molar-refractivity contribution in [2.24, 2.45) is 5.92 Å². The molecule has 0 bridgehead atoms. The van der Waals surface area contributed by atoms with Gasteiger partial charge in [-0.15, -0.1) is 11.8 Å². The van der Waals surface area contributed by atoms with E-state index >= 15 is 0 Å². The van der Waals surface area contributed by atoms with Gasteiger partial charge in [0.05, 0.1) is 10.7 Å². The van der Waals surface area contributed by atoms with Crippen LogP contribution in [0.2, 0.25) is 0 Å². The minimum absolute atomic E-state index is 0.0725. The van der Waals surface area contributed by atoms with Crippen LogP contribution in [-0.4, -0.2) is 29.7 Å². The molecular weight excluding hydrogens is 385 g/mol. The zero-order chi connectivity index (χ0) is 20.8. The Morgan fingerprint density at radius 3 is 2.69 bits per heavy atom. The predicted molar refractivity (Wildman–Crippen MR) is 119 cm³/mol. The number of rotatable bonds is 8. The molecule has 1 saturated heterocycles. The highest BCUT2D eigenvalue weighted by molar-refractivity contribution is 7.99. The molecule has 1 aromatic heterocycles. The van der Waals surface area contributed by atoms with Gasteiger partial charge >= 0.3 is 0 Å². The molecule has 1 fully saturated rings. The van der Waals surface area contributed by atoms with Gasteiger partial charge in [-0.05, 0) is 67.5 Å². The average Bonchev–Trinajstić information content (AvgIpc) is 3.19. The second-order valence-corrected chi connectivity index (χ2v) is 9.14. The van der Waals surface area contributed by atoms with Crippen molar-refractivity contribution in [2.45, 2.75) is 51.5 Å². The van der Waals surface area contributed by atoms with Crippen LogP contribution >= 0.6 is 11.8 Å². The largest absolute Gasteiger partial charge is 0.355 e. The summed E-state index contributed by atoms with van der Waals surface area (Å²) in [5.41, 5.74) is 2.48. The zero-order valence-corrected chi connectivity index (χ0v) is 18.3. The Bertz CT molecular complexity index is 830. The number of aryl methyl sites for hydroxylation is 2. The summed E-state index contributed by atoms with van der Waals surface area (Å²) in [4.78, 5) is 19.7. The van der Waals surface area contributed by atoms with Crippen molar-refractivity contribution < 1.29 is 9.18 Å². The molecule has 0 atom stereocenters. The van der Waals surface area contributed by atoms with E-state index in [1.54, 1.807) is 11.8 Å². The molecule has 1 aromatic carbocycles. The summed E-state index contributed by atoms with van der Waals surface area (Å²) in [5.74, 6) is 2.16. The third kappa shape index (κ3) is 6.46. The first kappa shape index (κ1) is 21.6. The maximum atomic E-state index is 13.6. The summed E-state index contributed by atoms with van der Waals surface area (Å²) in [5, 5.41) is 4.03. The number of thioether (sulfide) groups is 1. The van der Waals surface area contributed by atoms with Crippen LogP contribution in [0.15, 0.2) is 35.4 Å². The molecule has 0 radical (unpaired) electrons. The number of amides is 1. The highest BCUT2D eigenvalue weighted by Gasteiger charge is 2.19. The Balaban J connectivity index is 1.68. The number of nitrogens with zero attached hydrogens (tertiary/aromatic N) is 2. The molecular formula is C23H30FN3OS. The van der Waals surface area contributed by atoms with Crippen LogP contribution in [0.5, 0.6) is 0 Å². The van der Waals surface area contributed by atoms with Gasteiger partial charge in [-0.3, -0.25) is 4.79 Å². The first-order valence-corrected chi connectivity index (χ1v) is 11.3. The fourth-order valence-corrected chi connectivity index (χ4v) is 4.28. The molecule has 4 nitrogen and oxygen atoms in total. The van der Waals surface area contributed by atoms with Crippen LogP contribution in [0.1, 0.15) is 44.2 Å². The summed E-state index contributed by atoms with van der Waals surface area (Å²) < 4.78 is 13.6. The zero-order valence-electron chi connectivity index (χ0n) is 17.5.